The van der Waals surface area contributed by atoms with Gasteiger partial charge < -0.3 is 5.32 Å². The predicted molar refractivity (Wildman–Crippen MR) is 107 cm³/mol. The van der Waals surface area contributed by atoms with Crippen molar-refractivity contribution >= 4 is 11.6 Å². The first-order valence-corrected chi connectivity index (χ1v) is 9.65. The lowest BCUT2D eigenvalue weighted by atomic mass is 9.96. The highest BCUT2D eigenvalue weighted by Crippen LogP contribution is 2.23. The Labute approximate surface area is 167 Å². The van der Waals surface area contributed by atoms with Crippen LogP contribution in [-0.2, 0) is 11.3 Å². The summed E-state index contributed by atoms with van der Waals surface area (Å²) in [7, 11) is 0. The second-order valence-electron chi connectivity index (χ2n) is 7.36. The lowest BCUT2D eigenvalue weighted by Crippen LogP contribution is -2.40. The SMILES string of the molecule is O=C(Nc1ccc(-c2ccn[nH]2)cc1)C1CCCN(Cc2ccc(F)c(F)c2)C1. The second kappa shape index (κ2) is 8.53. The number of halogens is 2. The third kappa shape index (κ3) is 4.68. The maximum Gasteiger partial charge on any atom is 0.228 e. The van der Waals surface area contributed by atoms with Crippen LogP contribution in [0.25, 0.3) is 11.3 Å². The molecule has 2 heterocycles. The molecule has 0 radical (unpaired) electrons. The monoisotopic (exact) mass is 396 g/mol. The number of likely N-dealkylation sites (tertiary alicyclic amines) is 1. The minimum Gasteiger partial charge on any atom is -0.326 e. The average Bonchev–Trinajstić information content (AvgIpc) is 3.26. The smallest absolute Gasteiger partial charge is 0.228 e. The average molecular weight is 396 g/mol. The summed E-state index contributed by atoms with van der Waals surface area (Å²) in [6.45, 7) is 1.93. The molecule has 1 fully saturated rings. The lowest BCUT2D eigenvalue weighted by Gasteiger charge is -2.32. The van der Waals surface area contributed by atoms with Crippen molar-refractivity contribution in [2.75, 3.05) is 18.4 Å². The molecule has 1 aliphatic heterocycles. The van der Waals surface area contributed by atoms with Crippen LogP contribution in [0.5, 0.6) is 0 Å². The normalized spacial score (nSPS) is 17.2. The van der Waals surface area contributed by atoms with Crippen LogP contribution in [0.1, 0.15) is 18.4 Å². The fraction of sp³-hybridized carbons (Fsp3) is 0.273. The van der Waals surface area contributed by atoms with Gasteiger partial charge in [0.25, 0.3) is 0 Å². The Kier molecular flexibility index (Phi) is 5.67. The number of rotatable bonds is 5. The van der Waals surface area contributed by atoms with Gasteiger partial charge in [-0.1, -0.05) is 18.2 Å². The van der Waals surface area contributed by atoms with Gasteiger partial charge in [-0.2, -0.15) is 5.10 Å². The fourth-order valence-corrected chi connectivity index (χ4v) is 3.70. The third-order valence-corrected chi connectivity index (χ3v) is 5.23. The maximum atomic E-state index is 13.4. The number of H-pyrrole nitrogens is 1. The van der Waals surface area contributed by atoms with Gasteiger partial charge in [-0.15, -0.1) is 0 Å². The summed E-state index contributed by atoms with van der Waals surface area (Å²) in [5.74, 6) is -1.84. The van der Waals surface area contributed by atoms with Crippen LogP contribution in [0.4, 0.5) is 14.5 Å². The Bertz CT molecular complexity index is 973. The van der Waals surface area contributed by atoms with Crippen LogP contribution in [0, 0.1) is 17.6 Å². The number of hydrogen-bond donors (Lipinski definition) is 2. The Balaban J connectivity index is 1.35. The van der Waals surface area contributed by atoms with Gasteiger partial charge in [0.2, 0.25) is 5.91 Å². The Hall–Kier alpha value is -3.06. The summed E-state index contributed by atoms with van der Waals surface area (Å²) < 4.78 is 26.5. The van der Waals surface area contributed by atoms with E-state index in [0.717, 1.165) is 42.4 Å². The zero-order valence-electron chi connectivity index (χ0n) is 15.9. The first-order chi connectivity index (χ1) is 14.1. The third-order valence-electron chi connectivity index (χ3n) is 5.23. The van der Waals surface area contributed by atoms with Crippen molar-refractivity contribution in [3.8, 4) is 11.3 Å². The molecule has 29 heavy (non-hydrogen) atoms. The molecule has 2 N–H and O–H groups in total. The zero-order chi connectivity index (χ0) is 20.2. The molecule has 7 heteroatoms. The summed E-state index contributed by atoms with van der Waals surface area (Å²) in [6, 6.07) is 13.4. The molecule has 150 valence electrons. The molecule has 0 aliphatic carbocycles. The van der Waals surface area contributed by atoms with E-state index in [1.165, 1.54) is 6.07 Å². The van der Waals surface area contributed by atoms with Gasteiger partial charge in [0.15, 0.2) is 11.6 Å². The van der Waals surface area contributed by atoms with Gasteiger partial charge in [-0.3, -0.25) is 14.8 Å². The number of piperidine rings is 1. The zero-order valence-corrected chi connectivity index (χ0v) is 15.9. The Morgan fingerprint density at radius 2 is 1.97 bits per heavy atom. The van der Waals surface area contributed by atoms with E-state index in [1.807, 2.05) is 30.3 Å². The molecule has 1 aromatic heterocycles. The predicted octanol–water partition coefficient (Wildman–Crippen LogP) is 4.21. The number of nitrogens with one attached hydrogen (secondary N) is 2. The quantitative estimate of drug-likeness (QED) is 0.679. The summed E-state index contributed by atoms with van der Waals surface area (Å²) >= 11 is 0. The molecule has 2 aromatic carbocycles. The minimum atomic E-state index is -0.844. The maximum absolute atomic E-state index is 13.4. The van der Waals surface area contributed by atoms with Crippen molar-refractivity contribution in [2.45, 2.75) is 19.4 Å². The molecule has 1 aliphatic rings. The summed E-state index contributed by atoms with van der Waals surface area (Å²) in [5, 5.41) is 9.83. The fourth-order valence-electron chi connectivity index (χ4n) is 3.70. The van der Waals surface area contributed by atoms with Gasteiger partial charge in [-0.05, 0) is 60.8 Å². The molecule has 3 aromatic rings. The minimum absolute atomic E-state index is 0.0192. The number of carbonyl (C=O) groups is 1. The van der Waals surface area contributed by atoms with Crippen LogP contribution in [0.15, 0.2) is 54.7 Å². The number of benzene rings is 2. The number of amides is 1. The molecule has 0 bridgehead atoms. The largest absolute Gasteiger partial charge is 0.326 e. The molecule has 0 spiro atoms. The molecule has 4 rings (SSSR count). The number of aromatic nitrogens is 2. The van der Waals surface area contributed by atoms with Gasteiger partial charge in [0, 0.05) is 25.0 Å². The summed E-state index contributed by atoms with van der Waals surface area (Å²) in [5.41, 5.74) is 3.37. The summed E-state index contributed by atoms with van der Waals surface area (Å²) in [4.78, 5) is 14.8. The van der Waals surface area contributed by atoms with Crippen LogP contribution in [-0.4, -0.2) is 34.1 Å². The Morgan fingerprint density at radius 1 is 1.14 bits per heavy atom. The molecule has 5 nitrogen and oxygen atoms in total. The van der Waals surface area contributed by atoms with Crippen molar-refractivity contribution in [1.29, 1.82) is 0 Å². The lowest BCUT2D eigenvalue weighted by molar-refractivity contribution is -0.121. The molecular formula is C22H22F2N4O. The Morgan fingerprint density at radius 3 is 2.69 bits per heavy atom. The molecule has 1 saturated heterocycles. The van der Waals surface area contributed by atoms with E-state index in [1.54, 1.807) is 12.3 Å². The van der Waals surface area contributed by atoms with Gasteiger partial charge >= 0.3 is 0 Å². The van der Waals surface area contributed by atoms with E-state index in [4.69, 9.17) is 0 Å². The first-order valence-electron chi connectivity index (χ1n) is 9.65. The van der Waals surface area contributed by atoms with Crippen LogP contribution < -0.4 is 5.32 Å². The molecule has 1 amide bonds. The number of carbonyl (C=O) groups excluding carboxylic acids is 1. The van der Waals surface area contributed by atoms with Crippen LogP contribution >= 0.6 is 0 Å². The van der Waals surface area contributed by atoms with Gasteiger partial charge in [0.05, 0.1) is 11.6 Å². The van der Waals surface area contributed by atoms with E-state index in [-0.39, 0.29) is 11.8 Å². The van der Waals surface area contributed by atoms with Crippen LogP contribution in [0.3, 0.4) is 0 Å². The summed E-state index contributed by atoms with van der Waals surface area (Å²) in [6.07, 6.45) is 3.40. The number of anilines is 1. The molecule has 1 atom stereocenters. The highest BCUT2D eigenvalue weighted by atomic mass is 19.2. The van der Waals surface area contributed by atoms with Crippen molar-refractivity contribution < 1.29 is 13.6 Å². The van der Waals surface area contributed by atoms with Gasteiger partial charge in [-0.25, -0.2) is 8.78 Å². The number of nitrogens with zero attached hydrogens (tertiary/aromatic N) is 2. The van der Waals surface area contributed by atoms with E-state index in [2.05, 4.69) is 20.4 Å². The second-order valence-corrected chi connectivity index (χ2v) is 7.36. The van der Waals surface area contributed by atoms with Crippen molar-refractivity contribution in [1.82, 2.24) is 15.1 Å². The first kappa shape index (κ1) is 19.3. The molecular weight excluding hydrogens is 374 g/mol. The number of aromatic amines is 1. The van der Waals surface area contributed by atoms with E-state index in [9.17, 15) is 13.6 Å². The van der Waals surface area contributed by atoms with Gasteiger partial charge in [0.1, 0.15) is 0 Å². The van der Waals surface area contributed by atoms with E-state index >= 15 is 0 Å². The molecule has 1 unspecified atom stereocenters. The van der Waals surface area contributed by atoms with E-state index < -0.39 is 11.6 Å². The molecule has 0 saturated carbocycles. The topological polar surface area (TPSA) is 61.0 Å². The van der Waals surface area contributed by atoms with Crippen LogP contribution in [0.2, 0.25) is 0 Å². The highest BCUT2D eigenvalue weighted by molar-refractivity contribution is 5.93. The number of hydrogen-bond acceptors (Lipinski definition) is 3. The van der Waals surface area contributed by atoms with Crippen molar-refractivity contribution in [3.63, 3.8) is 0 Å². The standard InChI is InChI=1S/C22H22F2N4O/c23-19-8-3-15(12-20(19)24)13-28-11-1-2-17(14-28)22(29)26-18-6-4-16(5-7-18)21-9-10-25-27-21/h3-10,12,17H,1-2,11,13-14H2,(H,25,27)(H,26,29). The van der Waals surface area contributed by atoms with Crippen molar-refractivity contribution in [2.24, 2.45) is 5.92 Å². The highest BCUT2D eigenvalue weighted by Gasteiger charge is 2.26. The van der Waals surface area contributed by atoms with Crippen molar-refractivity contribution in [3.05, 3.63) is 71.9 Å². The van der Waals surface area contributed by atoms with E-state index in [0.29, 0.717) is 18.7 Å².